The van der Waals surface area contributed by atoms with E-state index in [0.717, 1.165) is 32.1 Å². The van der Waals surface area contributed by atoms with Gasteiger partial charge in [0.2, 0.25) is 0 Å². The van der Waals surface area contributed by atoms with Crippen molar-refractivity contribution in [1.29, 1.82) is 0 Å². The number of carbonyl (C=O) groups excluding carboxylic acids is 5. The van der Waals surface area contributed by atoms with Crippen molar-refractivity contribution < 1.29 is 47.7 Å². The summed E-state index contributed by atoms with van der Waals surface area (Å²) in [6.07, 6.45) is -5.66. The zero-order chi connectivity index (χ0) is 24.7. The molecule has 0 saturated carbocycles. The summed E-state index contributed by atoms with van der Waals surface area (Å²) < 4.78 is 26.8. The van der Waals surface area contributed by atoms with Gasteiger partial charge in [0.25, 0.3) is 5.91 Å². The molecule has 1 aliphatic heterocycles. The minimum absolute atomic E-state index is 0.372. The fourth-order valence-electron chi connectivity index (χ4n) is 3.23. The third kappa shape index (κ3) is 7.53. The van der Waals surface area contributed by atoms with E-state index in [-0.39, 0.29) is 6.61 Å². The first-order valence-corrected chi connectivity index (χ1v) is 11.0. The van der Waals surface area contributed by atoms with Crippen LogP contribution in [0.3, 0.4) is 0 Å². The highest BCUT2D eigenvalue weighted by atomic mass is 32.1. The van der Waals surface area contributed by atoms with Crippen molar-refractivity contribution in [2.45, 2.75) is 71.7 Å². The molecule has 1 amide bonds. The van der Waals surface area contributed by atoms with Crippen molar-refractivity contribution in [2.75, 3.05) is 6.61 Å². The number of aryl methyl sites for hydroxylation is 1. The second-order valence-corrected chi connectivity index (χ2v) is 8.38. The first-order chi connectivity index (χ1) is 15.5. The number of amides is 1. The molecule has 0 spiro atoms. The lowest BCUT2D eigenvalue weighted by Gasteiger charge is -2.44. The number of nitrogens with one attached hydrogen (secondary N) is 1. The van der Waals surface area contributed by atoms with Crippen LogP contribution in [0.5, 0.6) is 0 Å². The number of ether oxygens (including phenoxy) is 5. The van der Waals surface area contributed by atoms with E-state index in [9.17, 15) is 24.0 Å². The summed E-state index contributed by atoms with van der Waals surface area (Å²) in [4.78, 5) is 60.9. The molecule has 1 aromatic heterocycles. The van der Waals surface area contributed by atoms with Crippen molar-refractivity contribution in [3.8, 4) is 0 Å². The summed E-state index contributed by atoms with van der Waals surface area (Å²) in [5, 5.41) is 2.62. The highest BCUT2D eigenvalue weighted by molar-refractivity contribution is 7.14. The maximum Gasteiger partial charge on any atom is 0.303 e. The third-order valence-corrected chi connectivity index (χ3v) is 5.73. The highest BCUT2D eigenvalue weighted by Gasteiger charge is 2.52. The van der Waals surface area contributed by atoms with Crippen LogP contribution < -0.4 is 5.32 Å². The lowest BCUT2D eigenvalue weighted by atomic mass is 9.97. The van der Waals surface area contributed by atoms with Crippen molar-refractivity contribution in [3.05, 3.63) is 21.9 Å². The molecule has 1 fully saturated rings. The second-order valence-electron chi connectivity index (χ2n) is 7.21. The van der Waals surface area contributed by atoms with Crippen LogP contribution in [0.25, 0.3) is 0 Å². The molecule has 1 aliphatic rings. The predicted molar refractivity (Wildman–Crippen MR) is 113 cm³/mol. The monoisotopic (exact) mass is 485 g/mol. The Labute approximate surface area is 194 Å². The van der Waals surface area contributed by atoms with E-state index in [1.165, 1.54) is 18.3 Å². The Morgan fingerprint density at radius 3 is 1.97 bits per heavy atom. The highest BCUT2D eigenvalue weighted by Crippen LogP contribution is 2.29. The van der Waals surface area contributed by atoms with Gasteiger partial charge in [-0.25, -0.2) is 0 Å². The molecule has 2 heterocycles. The topological polar surface area (TPSA) is 144 Å². The van der Waals surface area contributed by atoms with E-state index in [1.54, 1.807) is 6.07 Å². The Hall–Kier alpha value is -2.99. The van der Waals surface area contributed by atoms with E-state index < -0.39 is 60.4 Å². The van der Waals surface area contributed by atoms with Crippen LogP contribution >= 0.6 is 11.3 Å². The lowest BCUT2D eigenvalue weighted by Crippen LogP contribution is -2.66. The van der Waals surface area contributed by atoms with E-state index in [0.29, 0.717) is 4.88 Å². The van der Waals surface area contributed by atoms with Crippen molar-refractivity contribution in [2.24, 2.45) is 0 Å². The number of hydrogen-bond acceptors (Lipinski definition) is 11. The number of esters is 4. The summed E-state index contributed by atoms with van der Waals surface area (Å²) in [5.74, 6) is -3.37. The van der Waals surface area contributed by atoms with Gasteiger partial charge in [0.1, 0.15) is 12.7 Å². The van der Waals surface area contributed by atoms with Crippen LogP contribution in [0, 0.1) is 0 Å². The Bertz CT molecular complexity index is 897. The van der Waals surface area contributed by atoms with Crippen LogP contribution in [0.15, 0.2) is 12.1 Å². The van der Waals surface area contributed by atoms with Gasteiger partial charge in [0.05, 0.1) is 4.88 Å². The normalized spacial score (nSPS) is 24.3. The molecule has 1 saturated heterocycles. The van der Waals surface area contributed by atoms with Gasteiger partial charge in [-0.2, -0.15) is 0 Å². The lowest BCUT2D eigenvalue weighted by molar-refractivity contribution is -0.255. The summed E-state index contributed by atoms with van der Waals surface area (Å²) in [7, 11) is 0. The van der Waals surface area contributed by atoms with Crippen LogP contribution in [-0.4, -0.2) is 67.0 Å². The first kappa shape index (κ1) is 26.3. The van der Waals surface area contributed by atoms with E-state index in [2.05, 4.69) is 5.32 Å². The van der Waals surface area contributed by atoms with Gasteiger partial charge in [0.15, 0.2) is 24.5 Å². The molecule has 33 heavy (non-hydrogen) atoms. The molecule has 12 heteroatoms. The quantitative estimate of drug-likeness (QED) is 0.420. The largest absolute Gasteiger partial charge is 0.463 e. The third-order valence-electron chi connectivity index (χ3n) is 4.50. The molecule has 5 atom stereocenters. The number of thiophene rings is 1. The van der Waals surface area contributed by atoms with E-state index in [1.807, 2.05) is 13.0 Å². The molecule has 182 valence electrons. The number of hydrogen-bond donors (Lipinski definition) is 1. The van der Waals surface area contributed by atoms with Crippen molar-refractivity contribution in [1.82, 2.24) is 5.32 Å². The van der Waals surface area contributed by atoms with Gasteiger partial charge < -0.3 is 29.0 Å². The van der Waals surface area contributed by atoms with Crippen molar-refractivity contribution in [3.63, 3.8) is 0 Å². The first-order valence-electron chi connectivity index (χ1n) is 10.2. The maximum absolute atomic E-state index is 12.8. The maximum atomic E-state index is 12.8. The number of rotatable bonds is 8. The zero-order valence-electron chi connectivity index (χ0n) is 18.9. The average molecular weight is 486 g/mol. The van der Waals surface area contributed by atoms with Gasteiger partial charge in [-0.15, -0.1) is 11.3 Å². The predicted octanol–water partition coefficient (Wildman–Crippen LogP) is 1.12. The Morgan fingerprint density at radius 1 is 0.879 bits per heavy atom. The zero-order valence-corrected chi connectivity index (χ0v) is 19.8. The van der Waals surface area contributed by atoms with Crippen LogP contribution in [0.2, 0.25) is 0 Å². The molecule has 2 rings (SSSR count). The molecule has 0 aliphatic carbocycles. The standard InChI is InChI=1S/C21H27NO10S/c1-6-14-7-8-16(33-14)20(27)22-21-19(31-13(5)26)18(30-12(4)25)17(29-11(3)24)15(32-21)9-28-10(2)23/h7-8,15,17-19,21H,6,9H2,1-5H3,(H,22,27)/t15-,17-,18+,19-,21-/m1/s1. The molecular formula is C21H27NO10S. The minimum atomic E-state index is -1.35. The van der Waals surface area contributed by atoms with Crippen LogP contribution in [0.1, 0.15) is 49.2 Å². The molecule has 1 aromatic rings. The van der Waals surface area contributed by atoms with Crippen LogP contribution in [-0.2, 0) is 49.3 Å². The molecule has 0 bridgehead atoms. The van der Waals surface area contributed by atoms with Gasteiger partial charge in [-0.1, -0.05) is 6.92 Å². The van der Waals surface area contributed by atoms with Crippen molar-refractivity contribution >= 4 is 41.1 Å². The fraction of sp³-hybridized carbons (Fsp3) is 0.571. The minimum Gasteiger partial charge on any atom is -0.463 e. The Morgan fingerprint density at radius 2 is 1.45 bits per heavy atom. The van der Waals surface area contributed by atoms with Gasteiger partial charge in [0, 0.05) is 32.6 Å². The van der Waals surface area contributed by atoms with Gasteiger partial charge in [-0.3, -0.25) is 24.0 Å². The molecule has 0 aromatic carbocycles. The van der Waals surface area contributed by atoms with Crippen LogP contribution in [0.4, 0.5) is 0 Å². The van der Waals surface area contributed by atoms with E-state index >= 15 is 0 Å². The summed E-state index contributed by atoms with van der Waals surface area (Å²) >= 11 is 1.28. The second kappa shape index (κ2) is 11.8. The Kier molecular flexibility index (Phi) is 9.35. The summed E-state index contributed by atoms with van der Waals surface area (Å²) in [6.45, 7) is 6.14. The Balaban J connectivity index is 2.41. The average Bonchev–Trinajstić information content (AvgIpc) is 3.19. The molecule has 0 radical (unpaired) electrons. The summed E-state index contributed by atoms with van der Waals surface area (Å²) in [5.41, 5.74) is 0. The van der Waals surface area contributed by atoms with Gasteiger partial charge in [-0.05, 0) is 18.6 Å². The molecular weight excluding hydrogens is 458 g/mol. The molecule has 1 N–H and O–H groups in total. The van der Waals surface area contributed by atoms with Gasteiger partial charge >= 0.3 is 23.9 Å². The molecule has 0 unspecified atom stereocenters. The summed E-state index contributed by atoms with van der Waals surface area (Å²) in [6, 6.07) is 3.46. The fourth-order valence-corrected chi connectivity index (χ4v) is 4.09. The molecule has 11 nitrogen and oxygen atoms in total. The smallest absolute Gasteiger partial charge is 0.303 e. The number of carbonyl (C=O) groups is 5. The SMILES string of the molecule is CCc1ccc(C(=O)N[C@@H]2O[C@H](COC(C)=O)[C@@H](OC(C)=O)[C@H](OC(C)=O)[C@H]2OC(C)=O)s1. The van der Waals surface area contributed by atoms with E-state index in [4.69, 9.17) is 23.7 Å².